The van der Waals surface area contributed by atoms with Gasteiger partial charge in [-0.05, 0) is 49.7 Å². The fourth-order valence-corrected chi connectivity index (χ4v) is 2.73. The standard InChI is InChI=1S/C14H20O4/c1-9(2)10-5-7-14(17,8-6-10)12-4-3-11(18-12)13(15)16/h3-4,9-10,17H,5-8H2,1-2H3,(H,15,16). The Bertz CT molecular complexity index is 425. The van der Waals surface area contributed by atoms with Gasteiger partial charge in [0.1, 0.15) is 11.4 Å². The summed E-state index contributed by atoms with van der Waals surface area (Å²) in [5, 5.41) is 19.4. The Hall–Kier alpha value is -1.29. The molecular formula is C14H20O4. The van der Waals surface area contributed by atoms with E-state index in [-0.39, 0.29) is 5.76 Å². The molecule has 4 heteroatoms. The van der Waals surface area contributed by atoms with Gasteiger partial charge in [-0.1, -0.05) is 13.8 Å². The highest BCUT2D eigenvalue weighted by Gasteiger charge is 2.38. The third-order valence-corrected chi connectivity index (χ3v) is 4.08. The molecule has 0 bridgehead atoms. The Labute approximate surface area is 107 Å². The van der Waals surface area contributed by atoms with E-state index < -0.39 is 11.6 Å². The zero-order valence-electron chi connectivity index (χ0n) is 10.8. The number of furan rings is 1. The maximum atomic E-state index is 10.8. The summed E-state index contributed by atoms with van der Waals surface area (Å²) >= 11 is 0. The van der Waals surface area contributed by atoms with Crippen molar-refractivity contribution in [1.82, 2.24) is 0 Å². The Morgan fingerprint density at radius 3 is 2.44 bits per heavy atom. The Morgan fingerprint density at radius 2 is 2.00 bits per heavy atom. The highest BCUT2D eigenvalue weighted by atomic mass is 16.4. The maximum Gasteiger partial charge on any atom is 0.371 e. The molecule has 0 aromatic carbocycles. The van der Waals surface area contributed by atoms with Crippen molar-refractivity contribution < 1.29 is 19.4 Å². The van der Waals surface area contributed by atoms with Crippen molar-refractivity contribution in [3.63, 3.8) is 0 Å². The molecule has 0 unspecified atom stereocenters. The van der Waals surface area contributed by atoms with E-state index in [1.165, 1.54) is 6.07 Å². The lowest BCUT2D eigenvalue weighted by Gasteiger charge is -2.36. The summed E-state index contributed by atoms with van der Waals surface area (Å²) in [6.07, 6.45) is 3.19. The van der Waals surface area contributed by atoms with Gasteiger partial charge in [0, 0.05) is 0 Å². The highest BCUT2D eigenvalue weighted by Crippen LogP contribution is 2.42. The maximum absolute atomic E-state index is 10.8. The van der Waals surface area contributed by atoms with Crippen LogP contribution in [-0.4, -0.2) is 16.2 Å². The van der Waals surface area contributed by atoms with Crippen molar-refractivity contribution >= 4 is 5.97 Å². The van der Waals surface area contributed by atoms with Gasteiger partial charge in [-0.2, -0.15) is 0 Å². The molecule has 18 heavy (non-hydrogen) atoms. The molecule has 1 aromatic heterocycles. The van der Waals surface area contributed by atoms with Crippen molar-refractivity contribution in [2.45, 2.75) is 45.1 Å². The zero-order valence-corrected chi connectivity index (χ0v) is 10.8. The predicted octanol–water partition coefficient (Wildman–Crippen LogP) is 3.01. The molecule has 4 nitrogen and oxygen atoms in total. The van der Waals surface area contributed by atoms with E-state index in [2.05, 4.69) is 13.8 Å². The number of hydrogen-bond donors (Lipinski definition) is 2. The molecular weight excluding hydrogens is 232 g/mol. The van der Waals surface area contributed by atoms with Crippen LogP contribution in [0.3, 0.4) is 0 Å². The van der Waals surface area contributed by atoms with Gasteiger partial charge in [-0.25, -0.2) is 4.79 Å². The van der Waals surface area contributed by atoms with Gasteiger partial charge in [0.15, 0.2) is 0 Å². The molecule has 0 aliphatic heterocycles. The monoisotopic (exact) mass is 252 g/mol. The first-order chi connectivity index (χ1) is 8.42. The van der Waals surface area contributed by atoms with Gasteiger partial charge in [-0.3, -0.25) is 0 Å². The number of hydrogen-bond acceptors (Lipinski definition) is 3. The van der Waals surface area contributed by atoms with E-state index in [4.69, 9.17) is 9.52 Å². The van der Waals surface area contributed by atoms with Crippen LogP contribution in [0.5, 0.6) is 0 Å². The minimum absolute atomic E-state index is 0.107. The van der Waals surface area contributed by atoms with Crippen LogP contribution in [0, 0.1) is 11.8 Å². The summed E-state index contributed by atoms with van der Waals surface area (Å²) in [6.45, 7) is 4.40. The van der Waals surface area contributed by atoms with E-state index in [9.17, 15) is 9.90 Å². The summed E-state index contributed by atoms with van der Waals surface area (Å²) in [6, 6.07) is 2.99. The number of aromatic carboxylic acids is 1. The molecule has 1 fully saturated rings. The summed E-state index contributed by atoms with van der Waals surface area (Å²) in [7, 11) is 0. The molecule has 1 aliphatic carbocycles. The fourth-order valence-electron chi connectivity index (χ4n) is 2.73. The average Bonchev–Trinajstić information content (AvgIpc) is 2.79. The summed E-state index contributed by atoms with van der Waals surface area (Å²) in [5.74, 6) is 0.451. The van der Waals surface area contributed by atoms with Crippen LogP contribution in [0.25, 0.3) is 0 Å². The topological polar surface area (TPSA) is 70.7 Å². The molecule has 1 heterocycles. The molecule has 2 rings (SSSR count). The lowest BCUT2D eigenvalue weighted by molar-refractivity contribution is -0.0376. The second-order valence-corrected chi connectivity index (χ2v) is 5.58. The fraction of sp³-hybridized carbons (Fsp3) is 0.643. The van der Waals surface area contributed by atoms with Crippen molar-refractivity contribution in [3.05, 3.63) is 23.7 Å². The molecule has 0 radical (unpaired) electrons. The third-order valence-electron chi connectivity index (χ3n) is 4.08. The second kappa shape index (κ2) is 4.76. The van der Waals surface area contributed by atoms with E-state index in [1.807, 2.05) is 0 Å². The van der Waals surface area contributed by atoms with Crippen LogP contribution >= 0.6 is 0 Å². The highest BCUT2D eigenvalue weighted by molar-refractivity contribution is 5.84. The minimum Gasteiger partial charge on any atom is -0.475 e. The largest absolute Gasteiger partial charge is 0.475 e. The van der Waals surface area contributed by atoms with E-state index in [0.29, 0.717) is 30.4 Å². The predicted molar refractivity (Wildman–Crippen MR) is 66.4 cm³/mol. The number of aliphatic hydroxyl groups is 1. The average molecular weight is 252 g/mol. The van der Waals surface area contributed by atoms with Crippen LogP contribution in [0.15, 0.2) is 16.5 Å². The molecule has 1 aliphatic rings. The van der Waals surface area contributed by atoms with E-state index in [0.717, 1.165) is 12.8 Å². The molecule has 100 valence electrons. The van der Waals surface area contributed by atoms with E-state index >= 15 is 0 Å². The molecule has 0 saturated heterocycles. The van der Waals surface area contributed by atoms with Gasteiger partial charge in [-0.15, -0.1) is 0 Å². The minimum atomic E-state index is -1.10. The lowest BCUT2D eigenvalue weighted by atomic mass is 9.74. The summed E-state index contributed by atoms with van der Waals surface area (Å²) in [4.78, 5) is 10.8. The van der Waals surface area contributed by atoms with Crippen LogP contribution in [0.2, 0.25) is 0 Å². The number of carboxylic acid groups (broad SMARTS) is 1. The first-order valence-corrected chi connectivity index (χ1v) is 6.48. The number of carbonyl (C=O) groups is 1. The van der Waals surface area contributed by atoms with Gasteiger partial charge >= 0.3 is 5.97 Å². The van der Waals surface area contributed by atoms with Crippen molar-refractivity contribution in [3.8, 4) is 0 Å². The molecule has 1 aromatic rings. The van der Waals surface area contributed by atoms with Gasteiger partial charge in [0.05, 0.1) is 0 Å². The first-order valence-electron chi connectivity index (χ1n) is 6.48. The SMILES string of the molecule is CC(C)C1CCC(O)(c2ccc(C(=O)O)o2)CC1. The van der Waals surface area contributed by atoms with Crippen molar-refractivity contribution in [2.24, 2.45) is 11.8 Å². The lowest BCUT2D eigenvalue weighted by Crippen LogP contribution is -2.32. The van der Waals surface area contributed by atoms with Crippen LogP contribution in [0.4, 0.5) is 0 Å². The Kier molecular flexibility index (Phi) is 3.48. The number of rotatable bonds is 3. The van der Waals surface area contributed by atoms with Gasteiger partial charge in [0.25, 0.3) is 0 Å². The Balaban J connectivity index is 2.10. The van der Waals surface area contributed by atoms with Gasteiger partial charge < -0.3 is 14.6 Å². The number of carboxylic acids is 1. The Morgan fingerprint density at radius 1 is 1.39 bits per heavy atom. The normalized spacial score (nSPS) is 28.6. The molecule has 0 spiro atoms. The quantitative estimate of drug-likeness (QED) is 0.867. The molecule has 2 N–H and O–H groups in total. The molecule has 1 saturated carbocycles. The van der Waals surface area contributed by atoms with Crippen LogP contribution < -0.4 is 0 Å². The van der Waals surface area contributed by atoms with E-state index in [1.54, 1.807) is 6.07 Å². The molecule has 0 atom stereocenters. The summed E-state index contributed by atoms with van der Waals surface area (Å²) < 4.78 is 5.23. The van der Waals surface area contributed by atoms with Crippen LogP contribution in [0.1, 0.15) is 55.8 Å². The van der Waals surface area contributed by atoms with Crippen molar-refractivity contribution in [2.75, 3.05) is 0 Å². The van der Waals surface area contributed by atoms with Crippen molar-refractivity contribution in [1.29, 1.82) is 0 Å². The second-order valence-electron chi connectivity index (χ2n) is 5.58. The van der Waals surface area contributed by atoms with Crippen LogP contribution in [-0.2, 0) is 5.60 Å². The third kappa shape index (κ3) is 2.43. The summed E-state index contributed by atoms with van der Waals surface area (Å²) in [5.41, 5.74) is -0.987. The molecule has 0 amide bonds. The first kappa shape index (κ1) is 13.1. The van der Waals surface area contributed by atoms with Gasteiger partial charge in [0.2, 0.25) is 5.76 Å². The smallest absolute Gasteiger partial charge is 0.371 e. The zero-order chi connectivity index (χ0) is 13.3.